The highest BCUT2D eigenvalue weighted by Crippen LogP contribution is 2.23. The smallest absolute Gasteiger partial charge is 0.257 e. The Morgan fingerprint density at radius 2 is 1.58 bits per heavy atom. The lowest BCUT2D eigenvalue weighted by Gasteiger charge is -2.15. The highest BCUT2D eigenvalue weighted by Gasteiger charge is 2.20. The molecule has 0 spiro atoms. The van der Waals surface area contributed by atoms with Gasteiger partial charge in [-0.05, 0) is 37.1 Å². The van der Waals surface area contributed by atoms with Gasteiger partial charge in [0.2, 0.25) is 0 Å². The van der Waals surface area contributed by atoms with E-state index in [0.29, 0.717) is 26.9 Å². The Hall–Kier alpha value is -2.11. The summed E-state index contributed by atoms with van der Waals surface area (Å²) >= 11 is 11.8. The number of anilines is 1. The summed E-state index contributed by atoms with van der Waals surface area (Å²) in [5.74, 6) is -0.475. The van der Waals surface area contributed by atoms with E-state index in [0.717, 1.165) is 25.9 Å². The molecule has 0 aliphatic carbocycles. The third-order valence-corrected chi connectivity index (χ3v) is 4.20. The molecule has 3 rings (SSSR count). The van der Waals surface area contributed by atoms with E-state index in [9.17, 15) is 9.59 Å². The number of halogens is 2. The number of hydrogen-bond donors (Lipinski definition) is 1. The molecule has 0 saturated carbocycles. The average Bonchev–Trinajstić information content (AvgIpc) is 3.07. The first-order valence-corrected chi connectivity index (χ1v) is 8.30. The van der Waals surface area contributed by atoms with E-state index >= 15 is 0 Å². The molecule has 1 aromatic carbocycles. The highest BCUT2D eigenvalue weighted by atomic mass is 35.5. The maximum absolute atomic E-state index is 12.4. The molecule has 5 nitrogen and oxygen atoms in total. The molecular formula is C17H15Cl2N3O2. The molecule has 0 atom stereocenters. The minimum atomic E-state index is -0.378. The van der Waals surface area contributed by atoms with Crippen molar-refractivity contribution in [3.05, 3.63) is 57.8 Å². The first-order valence-electron chi connectivity index (χ1n) is 7.55. The molecule has 7 heteroatoms. The van der Waals surface area contributed by atoms with Crippen LogP contribution in [-0.2, 0) is 0 Å². The molecular weight excluding hydrogens is 349 g/mol. The molecule has 0 unspecified atom stereocenters. The Morgan fingerprint density at radius 1 is 0.958 bits per heavy atom. The molecule has 2 heterocycles. The summed E-state index contributed by atoms with van der Waals surface area (Å²) in [6.45, 7) is 1.49. The summed E-state index contributed by atoms with van der Waals surface area (Å²) in [7, 11) is 0. The van der Waals surface area contributed by atoms with Crippen LogP contribution in [-0.4, -0.2) is 34.8 Å². The SMILES string of the molecule is O=C(Nc1cc(Cl)cc(Cl)c1)c1cncc(C(=O)N2CCCC2)c1. The monoisotopic (exact) mass is 363 g/mol. The molecule has 0 bridgehead atoms. The maximum atomic E-state index is 12.4. The summed E-state index contributed by atoms with van der Waals surface area (Å²) in [6, 6.07) is 6.32. The van der Waals surface area contributed by atoms with E-state index in [1.165, 1.54) is 12.4 Å². The average molecular weight is 364 g/mol. The molecule has 1 aromatic heterocycles. The fourth-order valence-corrected chi connectivity index (χ4v) is 3.14. The van der Waals surface area contributed by atoms with Crippen LogP contribution in [0.4, 0.5) is 5.69 Å². The number of carbonyl (C=O) groups is 2. The van der Waals surface area contributed by atoms with Crippen LogP contribution in [0.1, 0.15) is 33.6 Å². The van der Waals surface area contributed by atoms with Crippen LogP contribution < -0.4 is 5.32 Å². The Kier molecular flexibility index (Phi) is 5.02. The number of benzene rings is 1. The summed E-state index contributed by atoms with van der Waals surface area (Å²) in [5, 5.41) is 3.55. The van der Waals surface area contributed by atoms with Crippen molar-refractivity contribution in [1.29, 1.82) is 0 Å². The second kappa shape index (κ2) is 7.20. The van der Waals surface area contributed by atoms with Gasteiger partial charge in [-0.15, -0.1) is 0 Å². The number of pyridine rings is 1. The minimum absolute atomic E-state index is 0.0968. The third-order valence-electron chi connectivity index (χ3n) is 3.76. The van der Waals surface area contributed by atoms with Gasteiger partial charge in [-0.1, -0.05) is 23.2 Å². The molecule has 1 fully saturated rings. The summed E-state index contributed by atoms with van der Waals surface area (Å²) in [4.78, 5) is 30.5. The molecule has 24 heavy (non-hydrogen) atoms. The molecule has 1 aliphatic rings. The molecule has 1 aliphatic heterocycles. The molecule has 2 amide bonds. The van der Waals surface area contributed by atoms with Gasteiger partial charge in [0.05, 0.1) is 11.1 Å². The molecule has 2 aromatic rings. The topological polar surface area (TPSA) is 62.3 Å². The van der Waals surface area contributed by atoms with Gasteiger partial charge in [0.15, 0.2) is 0 Å². The van der Waals surface area contributed by atoms with Gasteiger partial charge >= 0.3 is 0 Å². The van der Waals surface area contributed by atoms with E-state index < -0.39 is 0 Å². The number of amides is 2. The lowest BCUT2D eigenvalue weighted by Crippen LogP contribution is -2.28. The van der Waals surface area contributed by atoms with Gasteiger partial charge in [0.1, 0.15) is 0 Å². The van der Waals surface area contributed by atoms with Crippen molar-refractivity contribution in [2.75, 3.05) is 18.4 Å². The van der Waals surface area contributed by atoms with E-state index in [-0.39, 0.29) is 11.8 Å². The number of nitrogens with zero attached hydrogens (tertiary/aromatic N) is 2. The van der Waals surface area contributed by atoms with Crippen LogP contribution in [0.15, 0.2) is 36.7 Å². The van der Waals surface area contributed by atoms with Crippen LogP contribution in [0.3, 0.4) is 0 Å². The molecule has 1 N–H and O–H groups in total. The van der Waals surface area contributed by atoms with Crippen molar-refractivity contribution in [2.24, 2.45) is 0 Å². The molecule has 124 valence electrons. The fraction of sp³-hybridized carbons (Fsp3) is 0.235. The van der Waals surface area contributed by atoms with E-state index in [1.54, 1.807) is 29.2 Å². The first kappa shape index (κ1) is 16.7. The summed E-state index contributed by atoms with van der Waals surface area (Å²) in [5.41, 5.74) is 1.19. The number of aromatic nitrogens is 1. The van der Waals surface area contributed by atoms with Crippen molar-refractivity contribution in [3.8, 4) is 0 Å². The summed E-state index contributed by atoms with van der Waals surface area (Å²) < 4.78 is 0. The molecule has 1 saturated heterocycles. The van der Waals surface area contributed by atoms with Crippen molar-refractivity contribution in [3.63, 3.8) is 0 Å². The van der Waals surface area contributed by atoms with Gasteiger partial charge in [0.25, 0.3) is 11.8 Å². The fourth-order valence-electron chi connectivity index (χ4n) is 2.61. The Balaban J connectivity index is 1.77. The second-order valence-electron chi connectivity index (χ2n) is 5.57. The van der Waals surface area contributed by atoms with E-state index in [1.807, 2.05) is 0 Å². The van der Waals surface area contributed by atoms with Crippen LogP contribution in [0, 0.1) is 0 Å². The quantitative estimate of drug-likeness (QED) is 0.899. The van der Waals surface area contributed by atoms with Gasteiger partial charge < -0.3 is 10.2 Å². The minimum Gasteiger partial charge on any atom is -0.339 e. The Morgan fingerprint density at radius 3 is 2.25 bits per heavy atom. The normalized spacial score (nSPS) is 13.8. The predicted octanol–water partition coefficient (Wildman–Crippen LogP) is 3.88. The Labute approximate surface area is 149 Å². The second-order valence-corrected chi connectivity index (χ2v) is 6.45. The van der Waals surface area contributed by atoms with E-state index in [4.69, 9.17) is 23.2 Å². The number of carbonyl (C=O) groups excluding carboxylic acids is 2. The lowest BCUT2D eigenvalue weighted by atomic mass is 10.1. The van der Waals surface area contributed by atoms with Crippen LogP contribution in [0.5, 0.6) is 0 Å². The number of likely N-dealkylation sites (tertiary alicyclic amines) is 1. The van der Waals surface area contributed by atoms with Crippen LogP contribution >= 0.6 is 23.2 Å². The summed E-state index contributed by atoms with van der Waals surface area (Å²) in [6.07, 6.45) is 4.92. The zero-order chi connectivity index (χ0) is 17.1. The van der Waals surface area contributed by atoms with Gasteiger partial charge in [-0.25, -0.2) is 0 Å². The largest absolute Gasteiger partial charge is 0.339 e. The number of nitrogens with one attached hydrogen (secondary N) is 1. The number of rotatable bonds is 3. The van der Waals surface area contributed by atoms with Crippen molar-refractivity contribution < 1.29 is 9.59 Å². The van der Waals surface area contributed by atoms with Gasteiger partial charge in [-0.2, -0.15) is 0 Å². The zero-order valence-electron chi connectivity index (χ0n) is 12.8. The van der Waals surface area contributed by atoms with Crippen LogP contribution in [0.25, 0.3) is 0 Å². The van der Waals surface area contributed by atoms with Gasteiger partial charge in [0, 0.05) is 41.2 Å². The first-order chi connectivity index (χ1) is 11.5. The van der Waals surface area contributed by atoms with Crippen molar-refractivity contribution in [1.82, 2.24) is 9.88 Å². The predicted molar refractivity (Wildman–Crippen MR) is 93.8 cm³/mol. The van der Waals surface area contributed by atoms with Crippen molar-refractivity contribution in [2.45, 2.75) is 12.8 Å². The zero-order valence-corrected chi connectivity index (χ0v) is 14.3. The standard InChI is InChI=1S/C17H15Cl2N3O2/c18-13-6-14(19)8-15(7-13)21-16(23)11-5-12(10-20-9-11)17(24)22-3-1-2-4-22/h5-10H,1-4H2,(H,21,23). The highest BCUT2D eigenvalue weighted by molar-refractivity contribution is 6.35. The number of hydrogen-bond acceptors (Lipinski definition) is 3. The Bertz CT molecular complexity index is 769. The van der Waals surface area contributed by atoms with Crippen molar-refractivity contribution >= 4 is 40.7 Å². The third kappa shape index (κ3) is 3.86. The molecule has 0 radical (unpaired) electrons. The lowest BCUT2D eigenvalue weighted by molar-refractivity contribution is 0.0792. The van der Waals surface area contributed by atoms with Gasteiger partial charge in [-0.3, -0.25) is 14.6 Å². The van der Waals surface area contributed by atoms with Crippen LogP contribution in [0.2, 0.25) is 10.0 Å². The maximum Gasteiger partial charge on any atom is 0.257 e. The van der Waals surface area contributed by atoms with E-state index in [2.05, 4.69) is 10.3 Å².